The van der Waals surface area contributed by atoms with E-state index in [1.165, 1.54) is 11.3 Å². The molecule has 0 unspecified atom stereocenters. The molecule has 2 aliphatic rings. The molecule has 0 bridgehead atoms. The minimum atomic E-state index is -0.417. The molecule has 102 valence electrons. The average molecular weight is 299 g/mol. The van der Waals surface area contributed by atoms with Crippen LogP contribution in [0.15, 0.2) is 11.4 Å². The summed E-state index contributed by atoms with van der Waals surface area (Å²) in [6.07, 6.45) is 4.31. The predicted molar refractivity (Wildman–Crippen MR) is 74.5 cm³/mol. The second kappa shape index (κ2) is 4.80. The van der Waals surface area contributed by atoms with Crippen molar-refractivity contribution < 1.29 is 9.59 Å². The number of halogens is 1. The lowest BCUT2D eigenvalue weighted by Crippen LogP contribution is -2.57. The Morgan fingerprint density at radius 2 is 2.37 bits per heavy atom. The molecule has 2 N–H and O–H groups in total. The molecule has 1 aliphatic heterocycles. The van der Waals surface area contributed by atoms with Crippen molar-refractivity contribution in [3.05, 3.63) is 21.3 Å². The highest BCUT2D eigenvalue weighted by atomic mass is 35.5. The highest BCUT2D eigenvalue weighted by molar-refractivity contribution is 7.12. The van der Waals surface area contributed by atoms with Crippen molar-refractivity contribution in [3.8, 4) is 0 Å². The first-order chi connectivity index (χ1) is 9.11. The summed E-state index contributed by atoms with van der Waals surface area (Å²) in [4.78, 5) is 24.5. The van der Waals surface area contributed by atoms with Crippen molar-refractivity contribution in [3.63, 3.8) is 0 Å². The average Bonchev–Trinajstić information content (AvgIpc) is 2.91. The molecule has 19 heavy (non-hydrogen) atoms. The number of hydrogen-bond acceptors (Lipinski definition) is 3. The second-order valence-corrected chi connectivity index (χ2v) is 6.57. The number of hydrogen-bond donors (Lipinski definition) is 2. The lowest BCUT2D eigenvalue weighted by atomic mass is 9.78. The molecule has 2 atom stereocenters. The van der Waals surface area contributed by atoms with Crippen LogP contribution in [0.5, 0.6) is 0 Å². The van der Waals surface area contributed by atoms with E-state index in [0.717, 1.165) is 25.7 Å². The SMILES string of the molecule is O=C1C[C@]2(NC(=O)c3sccc3Cl)CCCC[C@@H]2N1. The van der Waals surface area contributed by atoms with Crippen molar-refractivity contribution >= 4 is 34.8 Å². The van der Waals surface area contributed by atoms with Gasteiger partial charge in [0.15, 0.2) is 0 Å². The van der Waals surface area contributed by atoms with Crippen LogP contribution in [0.3, 0.4) is 0 Å². The van der Waals surface area contributed by atoms with E-state index in [1.54, 1.807) is 11.4 Å². The Morgan fingerprint density at radius 3 is 3.11 bits per heavy atom. The van der Waals surface area contributed by atoms with Gasteiger partial charge >= 0.3 is 0 Å². The van der Waals surface area contributed by atoms with Gasteiger partial charge in [0.25, 0.3) is 5.91 Å². The molecule has 1 aromatic heterocycles. The second-order valence-electron chi connectivity index (χ2n) is 5.25. The van der Waals surface area contributed by atoms with Crippen LogP contribution in [0.4, 0.5) is 0 Å². The lowest BCUT2D eigenvalue weighted by Gasteiger charge is -2.38. The van der Waals surface area contributed by atoms with Crippen LogP contribution in [0.25, 0.3) is 0 Å². The smallest absolute Gasteiger partial charge is 0.263 e. The fraction of sp³-hybridized carbons (Fsp3) is 0.538. The van der Waals surface area contributed by atoms with E-state index in [4.69, 9.17) is 11.6 Å². The highest BCUT2D eigenvalue weighted by Crippen LogP contribution is 2.36. The topological polar surface area (TPSA) is 58.2 Å². The van der Waals surface area contributed by atoms with Gasteiger partial charge in [-0.05, 0) is 24.3 Å². The number of rotatable bonds is 2. The lowest BCUT2D eigenvalue weighted by molar-refractivity contribution is -0.119. The minimum absolute atomic E-state index is 0.0319. The Balaban J connectivity index is 1.82. The molecular formula is C13H15ClN2O2S. The molecule has 2 fully saturated rings. The molecule has 0 radical (unpaired) electrons. The normalized spacial score (nSPS) is 29.7. The molecule has 6 heteroatoms. The highest BCUT2D eigenvalue weighted by Gasteiger charge is 2.49. The van der Waals surface area contributed by atoms with Crippen LogP contribution in [-0.4, -0.2) is 23.4 Å². The predicted octanol–water partition coefficient (Wildman–Crippen LogP) is 2.33. The number of amides is 2. The zero-order valence-corrected chi connectivity index (χ0v) is 11.9. The quantitative estimate of drug-likeness (QED) is 0.880. The van der Waals surface area contributed by atoms with Crippen LogP contribution in [0, 0.1) is 0 Å². The molecule has 2 heterocycles. The van der Waals surface area contributed by atoms with Gasteiger partial charge in [-0.2, -0.15) is 0 Å². The summed E-state index contributed by atoms with van der Waals surface area (Å²) in [5.74, 6) is -0.132. The summed E-state index contributed by atoms with van der Waals surface area (Å²) in [5, 5.41) is 8.32. The summed E-state index contributed by atoms with van der Waals surface area (Å²) in [7, 11) is 0. The van der Waals surface area contributed by atoms with E-state index in [0.29, 0.717) is 16.3 Å². The van der Waals surface area contributed by atoms with E-state index in [-0.39, 0.29) is 17.9 Å². The van der Waals surface area contributed by atoms with E-state index < -0.39 is 5.54 Å². The number of carbonyl (C=O) groups excluding carboxylic acids is 2. The molecule has 1 aliphatic carbocycles. The van der Waals surface area contributed by atoms with Crippen LogP contribution in [-0.2, 0) is 4.79 Å². The summed E-state index contributed by atoms with van der Waals surface area (Å²) in [6, 6.07) is 1.78. The van der Waals surface area contributed by atoms with Gasteiger partial charge in [-0.25, -0.2) is 0 Å². The van der Waals surface area contributed by atoms with Crippen LogP contribution >= 0.6 is 22.9 Å². The number of nitrogens with one attached hydrogen (secondary N) is 2. The molecule has 1 saturated carbocycles. The first-order valence-corrected chi connectivity index (χ1v) is 7.71. The Kier molecular flexibility index (Phi) is 3.27. The first-order valence-electron chi connectivity index (χ1n) is 6.46. The zero-order valence-electron chi connectivity index (χ0n) is 10.4. The summed E-state index contributed by atoms with van der Waals surface area (Å²) >= 11 is 7.32. The van der Waals surface area contributed by atoms with Gasteiger partial charge in [0.2, 0.25) is 5.91 Å². The Labute approximate surface area is 120 Å². The van der Waals surface area contributed by atoms with Gasteiger partial charge < -0.3 is 10.6 Å². The Morgan fingerprint density at radius 1 is 1.53 bits per heavy atom. The maximum absolute atomic E-state index is 12.3. The molecule has 0 spiro atoms. The largest absolute Gasteiger partial charge is 0.351 e. The maximum Gasteiger partial charge on any atom is 0.263 e. The van der Waals surface area contributed by atoms with Crippen LogP contribution in [0.1, 0.15) is 41.8 Å². The molecule has 3 rings (SSSR count). The van der Waals surface area contributed by atoms with E-state index in [2.05, 4.69) is 10.6 Å². The van der Waals surface area contributed by atoms with Crippen LogP contribution < -0.4 is 10.6 Å². The Bertz CT molecular complexity index is 530. The summed E-state index contributed by atoms with van der Waals surface area (Å²) in [5.41, 5.74) is -0.417. The van der Waals surface area contributed by atoms with E-state index in [9.17, 15) is 9.59 Å². The molecule has 2 amide bonds. The molecule has 1 aromatic rings. The Hall–Kier alpha value is -1.07. The minimum Gasteiger partial charge on any atom is -0.351 e. The number of carbonyl (C=O) groups is 2. The van der Waals surface area contributed by atoms with Gasteiger partial charge in [-0.15, -0.1) is 11.3 Å². The molecule has 1 saturated heterocycles. The number of fused-ring (bicyclic) bond motifs is 1. The number of thiophene rings is 1. The van der Waals surface area contributed by atoms with Gasteiger partial charge in [0.1, 0.15) is 4.88 Å². The standard InChI is InChI=1S/C13H15ClN2O2S/c14-8-4-6-19-11(8)12(18)16-13-5-2-1-3-9(13)15-10(17)7-13/h4,6,9H,1-3,5,7H2,(H,15,17)(H,16,18)/t9-,13+/m0/s1. The summed E-state index contributed by atoms with van der Waals surface area (Å²) < 4.78 is 0. The van der Waals surface area contributed by atoms with Crippen molar-refractivity contribution in [2.75, 3.05) is 0 Å². The van der Waals surface area contributed by atoms with Gasteiger partial charge in [-0.1, -0.05) is 24.4 Å². The van der Waals surface area contributed by atoms with E-state index >= 15 is 0 Å². The van der Waals surface area contributed by atoms with Crippen molar-refractivity contribution in [1.82, 2.24) is 10.6 Å². The maximum atomic E-state index is 12.3. The van der Waals surface area contributed by atoms with Crippen molar-refractivity contribution in [1.29, 1.82) is 0 Å². The first kappa shape index (κ1) is 12.9. The fourth-order valence-electron chi connectivity index (χ4n) is 3.13. The van der Waals surface area contributed by atoms with E-state index in [1.807, 2.05) is 0 Å². The third kappa shape index (κ3) is 2.25. The molecular weight excluding hydrogens is 284 g/mol. The third-order valence-corrected chi connectivity index (χ3v) is 5.37. The van der Waals surface area contributed by atoms with Crippen molar-refractivity contribution in [2.24, 2.45) is 0 Å². The summed E-state index contributed by atoms with van der Waals surface area (Å²) in [6.45, 7) is 0. The van der Waals surface area contributed by atoms with Crippen LogP contribution in [0.2, 0.25) is 5.02 Å². The molecule has 4 nitrogen and oxygen atoms in total. The van der Waals surface area contributed by atoms with Gasteiger partial charge in [0, 0.05) is 0 Å². The third-order valence-electron chi connectivity index (χ3n) is 4.03. The monoisotopic (exact) mass is 298 g/mol. The van der Waals surface area contributed by atoms with Gasteiger partial charge in [0.05, 0.1) is 23.0 Å². The molecule has 0 aromatic carbocycles. The van der Waals surface area contributed by atoms with Crippen molar-refractivity contribution in [2.45, 2.75) is 43.7 Å². The fourth-order valence-corrected chi connectivity index (χ4v) is 4.16. The zero-order chi connectivity index (χ0) is 13.5. The van der Waals surface area contributed by atoms with Gasteiger partial charge in [-0.3, -0.25) is 9.59 Å².